The predicted octanol–water partition coefficient (Wildman–Crippen LogP) is 3.39. The molecule has 3 rings (SSSR count). The molecule has 6 heteroatoms. The van der Waals surface area contributed by atoms with Gasteiger partial charge in [0.05, 0.1) is 24.4 Å². The minimum Gasteiger partial charge on any atom is -0.466 e. The number of esters is 1. The highest BCUT2D eigenvalue weighted by Gasteiger charge is 2.54. The Balaban J connectivity index is 2.13. The van der Waals surface area contributed by atoms with Gasteiger partial charge in [-0.3, -0.25) is 14.9 Å². The summed E-state index contributed by atoms with van der Waals surface area (Å²) in [5, 5.41) is 22.3. The van der Waals surface area contributed by atoms with Gasteiger partial charge in [0.15, 0.2) is 0 Å². The van der Waals surface area contributed by atoms with Gasteiger partial charge in [0, 0.05) is 11.5 Å². The molecule has 0 aliphatic heterocycles. The lowest BCUT2D eigenvalue weighted by molar-refractivity contribution is -0.537. The van der Waals surface area contributed by atoms with Crippen molar-refractivity contribution in [1.29, 1.82) is 0 Å². The smallest absolute Gasteiger partial charge is 0.309 e. The number of carbonyl (C=O) groups is 1. The molecule has 0 saturated heterocycles. The van der Waals surface area contributed by atoms with E-state index in [0.29, 0.717) is 6.42 Å². The van der Waals surface area contributed by atoms with E-state index in [4.69, 9.17) is 4.74 Å². The molecule has 2 aromatic rings. The van der Waals surface area contributed by atoms with Gasteiger partial charge in [-0.2, -0.15) is 0 Å². The lowest BCUT2D eigenvalue weighted by Crippen LogP contribution is -2.49. The monoisotopic (exact) mass is 383 g/mol. The third kappa shape index (κ3) is 3.92. The van der Waals surface area contributed by atoms with Crippen LogP contribution >= 0.6 is 0 Å². The summed E-state index contributed by atoms with van der Waals surface area (Å²) in [7, 11) is 0. The van der Waals surface area contributed by atoms with E-state index >= 15 is 0 Å². The van der Waals surface area contributed by atoms with Crippen molar-refractivity contribution in [2.75, 3.05) is 13.2 Å². The standard InChI is InChI=1S/C22H25NO5/c1-2-28-22(25)18-13-17(14-24)19(15-9-5-3-6-10-15)21(23(26)27)20(18)16-11-7-4-8-12-16/h3-12,17-21,24H,2,13-14H2,1H3/t17-,18+,19-,20-,21-/m0/s1. The summed E-state index contributed by atoms with van der Waals surface area (Å²) in [6.45, 7) is 1.72. The van der Waals surface area contributed by atoms with Gasteiger partial charge in [0.2, 0.25) is 6.04 Å². The maximum absolute atomic E-state index is 12.7. The number of ether oxygens (including phenoxy) is 1. The average Bonchev–Trinajstić information content (AvgIpc) is 2.73. The van der Waals surface area contributed by atoms with Crippen molar-refractivity contribution in [3.63, 3.8) is 0 Å². The molecule has 0 bridgehead atoms. The first kappa shape index (κ1) is 20.0. The molecule has 0 aromatic heterocycles. The summed E-state index contributed by atoms with van der Waals surface area (Å²) in [5.41, 5.74) is 1.56. The zero-order valence-electron chi connectivity index (χ0n) is 15.8. The fraction of sp³-hybridized carbons (Fsp3) is 0.409. The first-order valence-electron chi connectivity index (χ1n) is 9.59. The first-order valence-corrected chi connectivity index (χ1v) is 9.59. The van der Waals surface area contributed by atoms with Crippen LogP contribution in [0.15, 0.2) is 60.7 Å². The van der Waals surface area contributed by atoms with Crippen LogP contribution < -0.4 is 0 Å². The van der Waals surface area contributed by atoms with Crippen LogP contribution in [-0.4, -0.2) is 35.3 Å². The van der Waals surface area contributed by atoms with E-state index in [-0.39, 0.29) is 18.1 Å². The van der Waals surface area contributed by atoms with Gasteiger partial charge in [-0.25, -0.2) is 0 Å². The number of carbonyl (C=O) groups excluding carboxylic acids is 1. The Morgan fingerprint density at radius 2 is 1.61 bits per heavy atom. The van der Waals surface area contributed by atoms with Crippen molar-refractivity contribution in [3.8, 4) is 0 Å². The Morgan fingerprint density at radius 3 is 2.07 bits per heavy atom. The van der Waals surface area contributed by atoms with E-state index < -0.39 is 35.7 Å². The minimum atomic E-state index is -1.04. The van der Waals surface area contributed by atoms with Crippen LogP contribution in [0.3, 0.4) is 0 Å². The van der Waals surface area contributed by atoms with E-state index in [0.717, 1.165) is 11.1 Å². The molecule has 0 heterocycles. The van der Waals surface area contributed by atoms with E-state index in [2.05, 4.69) is 0 Å². The second-order valence-electron chi connectivity index (χ2n) is 7.19. The number of benzene rings is 2. The average molecular weight is 383 g/mol. The summed E-state index contributed by atoms with van der Waals surface area (Å²) >= 11 is 0. The highest BCUT2D eigenvalue weighted by molar-refractivity contribution is 5.74. The van der Waals surface area contributed by atoms with Crippen LogP contribution in [0.4, 0.5) is 0 Å². The molecule has 0 unspecified atom stereocenters. The molecule has 1 aliphatic carbocycles. The Bertz CT molecular complexity index is 795. The molecule has 148 valence electrons. The van der Waals surface area contributed by atoms with E-state index in [1.54, 1.807) is 6.92 Å². The van der Waals surface area contributed by atoms with E-state index in [1.807, 2.05) is 60.7 Å². The molecule has 0 radical (unpaired) electrons. The van der Waals surface area contributed by atoms with Crippen LogP contribution in [0.5, 0.6) is 0 Å². The van der Waals surface area contributed by atoms with Gasteiger partial charge in [0.25, 0.3) is 0 Å². The van der Waals surface area contributed by atoms with Crippen LogP contribution in [0.25, 0.3) is 0 Å². The van der Waals surface area contributed by atoms with Crippen molar-refractivity contribution in [1.82, 2.24) is 0 Å². The summed E-state index contributed by atoms with van der Waals surface area (Å²) < 4.78 is 5.25. The lowest BCUT2D eigenvalue weighted by Gasteiger charge is -2.41. The Kier molecular flexibility index (Phi) is 6.41. The number of hydrogen-bond donors (Lipinski definition) is 1. The lowest BCUT2D eigenvalue weighted by atomic mass is 9.61. The van der Waals surface area contributed by atoms with Gasteiger partial charge in [-0.1, -0.05) is 60.7 Å². The third-order valence-electron chi connectivity index (χ3n) is 5.67. The van der Waals surface area contributed by atoms with Crippen molar-refractivity contribution in [2.24, 2.45) is 11.8 Å². The summed E-state index contributed by atoms with van der Waals surface area (Å²) in [5.74, 6) is -2.62. The van der Waals surface area contributed by atoms with Gasteiger partial charge in [-0.15, -0.1) is 0 Å². The second kappa shape index (κ2) is 8.97. The SMILES string of the molecule is CCOC(=O)[C@@H]1C[C@@H](CO)[C@H](c2ccccc2)[C@H]([N+](=O)[O-])[C@H]1c1ccccc1. The quantitative estimate of drug-likeness (QED) is 0.469. The Hall–Kier alpha value is -2.73. The minimum absolute atomic E-state index is 0.214. The van der Waals surface area contributed by atoms with Gasteiger partial charge in [0.1, 0.15) is 0 Å². The van der Waals surface area contributed by atoms with Crippen LogP contribution in [0.2, 0.25) is 0 Å². The number of nitro groups is 1. The predicted molar refractivity (Wildman–Crippen MR) is 104 cm³/mol. The molecule has 1 fully saturated rings. The van der Waals surface area contributed by atoms with Crippen LogP contribution in [0, 0.1) is 22.0 Å². The Morgan fingerprint density at radius 1 is 1.07 bits per heavy atom. The Labute approximate surface area is 164 Å². The van der Waals surface area contributed by atoms with E-state index in [1.165, 1.54) is 0 Å². The molecule has 5 atom stereocenters. The molecule has 1 N–H and O–H groups in total. The molecular formula is C22H25NO5. The van der Waals surface area contributed by atoms with Gasteiger partial charge in [-0.05, 0) is 30.4 Å². The van der Waals surface area contributed by atoms with Gasteiger partial charge >= 0.3 is 5.97 Å². The summed E-state index contributed by atoms with van der Waals surface area (Å²) in [4.78, 5) is 24.7. The number of nitrogens with zero attached hydrogens (tertiary/aromatic N) is 1. The molecule has 1 saturated carbocycles. The summed E-state index contributed by atoms with van der Waals surface area (Å²) in [6.07, 6.45) is 0.346. The second-order valence-corrected chi connectivity index (χ2v) is 7.19. The van der Waals surface area contributed by atoms with Gasteiger partial charge < -0.3 is 9.84 Å². The van der Waals surface area contributed by atoms with Crippen LogP contribution in [0.1, 0.15) is 36.3 Å². The first-order chi connectivity index (χ1) is 13.6. The maximum atomic E-state index is 12.7. The highest BCUT2D eigenvalue weighted by atomic mass is 16.6. The fourth-order valence-electron chi connectivity index (χ4n) is 4.55. The van der Waals surface area contributed by atoms with Crippen molar-refractivity contribution in [2.45, 2.75) is 31.2 Å². The zero-order valence-corrected chi connectivity index (χ0v) is 15.8. The van der Waals surface area contributed by atoms with E-state index in [9.17, 15) is 20.0 Å². The molecule has 0 spiro atoms. The summed E-state index contributed by atoms with van der Waals surface area (Å²) in [6, 6.07) is 17.4. The number of aliphatic hydroxyl groups is 1. The highest BCUT2D eigenvalue weighted by Crippen LogP contribution is 2.49. The van der Waals surface area contributed by atoms with Crippen molar-refractivity contribution < 1.29 is 19.6 Å². The molecule has 2 aromatic carbocycles. The number of aliphatic hydroxyl groups excluding tert-OH is 1. The number of hydrogen-bond acceptors (Lipinski definition) is 5. The maximum Gasteiger partial charge on any atom is 0.309 e. The largest absolute Gasteiger partial charge is 0.466 e. The zero-order chi connectivity index (χ0) is 20.1. The van der Waals surface area contributed by atoms with Crippen LogP contribution in [-0.2, 0) is 9.53 Å². The number of rotatable bonds is 6. The molecule has 6 nitrogen and oxygen atoms in total. The third-order valence-corrected chi connectivity index (χ3v) is 5.67. The van der Waals surface area contributed by atoms with Crippen molar-refractivity contribution >= 4 is 5.97 Å². The molecule has 0 amide bonds. The molecular weight excluding hydrogens is 358 g/mol. The normalized spacial score (nSPS) is 27.1. The fourth-order valence-corrected chi connectivity index (χ4v) is 4.55. The van der Waals surface area contributed by atoms with Crippen molar-refractivity contribution in [3.05, 3.63) is 81.9 Å². The topological polar surface area (TPSA) is 89.7 Å². The molecule has 1 aliphatic rings. The molecule has 28 heavy (non-hydrogen) atoms.